The number of unbranched alkanes of at least 4 members (excludes halogenated alkanes) is 1. The standard InChI is InChI=1S/C19H34N6O6/c1-11(22-12(2)27)17(29)24-14(10-26)19(31)25-9-5-7-15(25)18(30)23-13(16(21)28)6-3-4-8-20/h11,13-15,26H,3-10,20H2,1-2H3,(H2,21,28)(H,22,27)(H,23,30)(H,24,29)/t11-,13-,14-,15-/m0/s1. The minimum Gasteiger partial charge on any atom is -0.394 e. The van der Waals surface area contributed by atoms with Crippen molar-refractivity contribution in [3.63, 3.8) is 0 Å². The number of primary amides is 1. The van der Waals surface area contributed by atoms with Crippen molar-refractivity contribution in [2.75, 3.05) is 19.7 Å². The first kappa shape index (κ1) is 26.3. The number of aliphatic hydroxyl groups excluding tert-OH is 1. The van der Waals surface area contributed by atoms with Crippen molar-refractivity contribution in [1.82, 2.24) is 20.9 Å². The first-order chi connectivity index (χ1) is 14.6. The van der Waals surface area contributed by atoms with Gasteiger partial charge < -0.3 is 37.4 Å². The van der Waals surface area contributed by atoms with E-state index in [9.17, 15) is 29.1 Å². The third-order valence-corrected chi connectivity index (χ3v) is 5.06. The van der Waals surface area contributed by atoms with Crippen molar-refractivity contribution in [3.8, 4) is 0 Å². The van der Waals surface area contributed by atoms with E-state index in [2.05, 4.69) is 16.0 Å². The van der Waals surface area contributed by atoms with Gasteiger partial charge in [0.15, 0.2) is 0 Å². The normalized spacial score (nSPS) is 18.6. The lowest BCUT2D eigenvalue weighted by Gasteiger charge is -2.29. The van der Waals surface area contributed by atoms with Gasteiger partial charge in [-0.05, 0) is 45.6 Å². The Morgan fingerprint density at radius 1 is 1.10 bits per heavy atom. The van der Waals surface area contributed by atoms with E-state index in [1.165, 1.54) is 18.7 Å². The highest BCUT2D eigenvalue weighted by Crippen LogP contribution is 2.19. The van der Waals surface area contributed by atoms with E-state index in [4.69, 9.17) is 11.5 Å². The van der Waals surface area contributed by atoms with Crippen LogP contribution in [0, 0.1) is 0 Å². The summed E-state index contributed by atoms with van der Waals surface area (Å²) in [7, 11) is 0. The van der Waals surface area contributed by atoms with Gasteiger partial charge in [-0.2, -0.15) is 0 Å². The largest absolute Gasteiger partial charge is 0.394 e. The molecule has 1 saturated heterocycles. The number of hydrogen-bond acceptors (Lipinski definition) is 7. The van der Waals surface area contributed by atoms with Crippen LogP contribution in [0.5, 0.6) is 0 Å². The van der Waals surface area contributed by atoms with Gasteiger partial charge in [-0.3, -0.25) is 24.0 Å². The van der Waals surface area contributed by atoms with Crippen molar-refractivity contribution in [1.29, 1.82) is 0 Å². The monoisotopic (exact) mass is 442 g/mol. The molecular formula is C19H34N6O6. The highest BCUT2D eigenvalue weighted by Gasteiger charge is 2.38. The lowest BCUT2D eigenvalue weighted by molar-refractivity contribution is -0.143. The predicted molar refractivity (Wildman–Crippen MR) is 111 cm³/mol. The van der Waals surface area contributed by atoms with Crippen LogP contribution in [0.4, 0.5) is 0 Å². The van der Waals surface area contributed by atoms with Crippen LogP contribution in [0.25, 0.3) is 0 Å². The van der Waals surface area contributed by atoms with Gasteiger partial charge in [-0.1, -0.05) is 0 Å². The van der Waals surface area contributed by atoms with Gasteiger partial charge in [-0.25, -0.2) is 0 Å². The molecule has 5 amide bonds. The van der Waals surface area contributed by atoms with Crippen molar-refractivity contribution in [2.45, 2.75) is 70.1 Å². The number of likely N-dealkylation sites (tertiary alicyclic amines) is 1. The van der Waals surface area contributed by atoms with Crippen LogP contribution in [0.2, 0.25) is 0 Å². The minimum absolute atomic E-state index is 0.263. The number of nitrogens with one attached hydrogen (secondary N) is 3. The summed E-state index contributed by atoms with van der Waals surface area (Å²) in [5, 5.41) is 17.0. The molecule has 12 nitrogen and oxygen atoms in total. The molecule has 1 aliphatic rings. The Labute approximate surface area is 181 Å². The molecule has 0 aromatic carbocycles. The summed E-state index contributed by atoms with van der Waals surface area (Å²) in [6.45, 7) is 2.74. The average Bonchev–Trinajstić information content (AvgIpc) is 3.19. The Hall–Kier alpha value is -2.73. The third-order valence-electron chi connectivity index (χ3n) is 5.06. The molecule has 0 bridgehead atoms. The van der Waals surface area contributed by atoms with E-state index < -0.39 is 60.3 Å². The fraction of sp³-hybridized carbons (Fsp3) is 0.737. The number of nitrogens with zero attached hydrogens (tertiary/aromatic N) is 1. The van der Waals surface area contributed by atoms with E-state index in [0.717, 1.165) is 0 Å². The van der Waals surface area contributed by atoms with Gasteiger partial charge in [0.1, 0.15) is 24.2 Å². The molecule has 0 radical (unpaired) electrons. The number of nitrogens with two attached hydrogens (primary N) is 2. The van der Waals surface area contributed by atoms with Crippen LogP contribution in [0.3, 0.4) is 0 Å². The molecule has 4 atom stereocenters. The molecule has 0 aromatic rings. The van der Waals surface area contributed by atoms with Gasteiger partial charge in [0.25, 0.3) is 0 Å². The maximum absolute atomic E-state index is 12.9. The summed E-state index contributed by atoms with van der Waals surface area (Å²) in [6.07, 6.45) is 2.56. The van der Waals surface area contributed by atoms with Gasteiger partial charge in [0.05, 0.1) is 6.61 Å². The van der Waals surface area contributed by atoms with Crippen LogP contribution in [0.1, 0.15) is 46.0 Å². The zero-order chi connectivity index (χ0) is 23.6. The van der Waals surface area contributed by atoms with Crippen LogP contribution in [-0.4, -0.2) is 83.4 Å². The lowest BCUT2D eigenvalue weighted by Crippen LogP contribution is -2.58. The number of hydrogen-bond donors (Lipinski definition) is 6. The molecule has 0 aromatic heterocycles. The van der Waals surface area contributed by atoms with Crippen LogP contribution < -0.4 is 27.4 Å². The second-order valence-corrected chi connectivity index (χ2v) is 7.60. The molecule has 1 heterocycles. The van der Waals surface area contributed by atoms with E-state index in [1.54, 1.807) is 0 Å². The van der Waals surface area contributed by atoms with E-state index in [0.29, 0.717) is 38.6 Å². The summed E-state index contributed by atoms with van der Waals surface area (Å²) in [5.74, 6) is -2.87. The van der Waals surface area contributed by atoms with Crippen molar-refractivity contribution in [3.05, 3.63) is 0 Å². The molecule has 0 aliphatic carbocycles. The first-order valence-corrected chi connectivity index (χ1v) is 10.4. The molecule has 0 spiro atoms. The Morgan fingerprint density at radius 2 is 1.77 bits per heavy atom. The quantitative estimate of drug-likeness (QED) is 0.174. The van der Waals surface area contributed by atoms with E-state index in [-0.39, 0.29) is 6.54 Å². The number of carbonyl (C=O) groups is 5. The topological polar surface area (TPSA) is 197 Å². The highest BCUT2D eigenvalue weighted by molar-refractivity contribution is 5.95. The van der Waals surface area contributed by atoms with Crippen LogP contribution in [-0.2, 0) is 24.0 Å². The molecule has 8 N–H and O–H groups in total. The molecule has 0 unspecified atom stereocenters. The Morgan fingerprint density at radius 3 is 2.32 bits per heavy atom. The molecule has 1 fully saturated rings. The number of aliphatic hydroxyl groups is 1. The number of amides is 5. The predicted octanol–water partition coefficient (Wildman–Crippen LogP) is -2.92. The Bertz CT molecular complexity index is 672. The SMILES string of the molecule is CC(=O)N[C@@H](C)C(=O)N[C@@H](CO)C(=O)N1CCC[C@H]1C(=O)N[C@@H](CCCCN)C(N)=O. The molecule has 1 rings (SSSR count). The summed E-state index contributed by atoms with van der Waals surface area (Å²) in [4.78, 5) is 61.8. The maximum atomic E-state index is 12.9. The fourth-order valence-corrected chi connectivity index (χ4v) is 3.40. The second-order valence-electron chi connectivity index (χ2n) is 7.60. The molecule has 31 heavy (non-hydrogen) atoms. The lowest BCUT2D eigenvalue weighted by atomic mass is 10.1. The summed E-state index contributed by atoms with van der Waals surface area (Å²) in [5.41, 5.74) is 10.8. The summed E-state index contributed by atoms with van der Waals surface area (Å²) < 4.78 is 0. The van der Waals surface area contributed by atoms with Crippen LogP contribution >= 0.6 is 0 Å². The first-order valence-electron chi connectivity index (χ1n) is 10.4. The molecule has 176 valence electrons. The Balaban J connectivity index is 2.79. The fourth-order valence-electron chi connectivity index (χ4n) is 3.40. The maximum Gasteiger partial charge on any atom is 0.248 e. The van der Waals surface area contributed by atoms with Gasteiger partial charge in [-0.15, -0.1) is 0 Å². The third kappa shape index (κ3) is 8.13. The van der Waals surface area contributed by atoms with Crippen molar-refractivity contribution in [2.24, 2.45) is 11.5 Å². The molecular weight excluding hydrogens is 408 g/mol. The average molecular weight is 443 g/mol. The van der Waals surface area contributed by atoms with Gasteiger partial charge in [0.2, 0.25) is 29.5 Å². The summed E-state index contributed by atoms with van der Waals surface area (Å²) >= 11 is 0. The summed E-state index contributed by atoms with van der Waals surface area (Å²) in [6, 6.07) is -3.89. The minimum atomic E-state index is -1.27. The molecule has 12 heteroatoms. The second kappa shape index (κ2) is 12.8. The van der Waals surface area contributed by atoms with Crippen molar-refractivity contribution >= 4 is 29.5 Å². The van der Waals surface area contributed by atoms with Crippen molar-refractivity contribution < 1.29 is 29.1 Å². The smallest absolute Gasteiger partial charge is 0.248 e. The highest BCUT2D eigenvalue weighted by atomic mass is 16.3. The van der Waals surface area contributed by atoms with E-state index in [1.807, 2.05) is 0 Å². The zero-order valence-corrected chi connectivity index (χ0v) is 18.1. The van der Waals surface area contributed by atoms with Gasteiger partial charge >= 0.3 is 0 Å². The Kier molecular flexibility index (Phi) is 10.9. The molecule has 1 aliphatic heterocycles. The number of rotatable bonds is 12. The number of carbonyl (C=O) groups excluding carboxylic acids is 5. The van der Waals surface area contributed by atoms with Crippen LogP contribution in [0.15, 0.2) is 0 Å². The van der Waals surface area contributed by atoms with E-state index >= 15 is 0 Å². The van der Waals surface area contributed by atoms with Gasteiger partial charge in [0, 0.05) is 13.5 Å². The molecule has 0 saturated carbocycles. The zero-order valence-electron chi connectivity index (χ0n) is 18.1.